The first kappa shape index (κ1) is 11.4. The van der Waals surface area contributed by atoms with Crippen molar-refractivity contribution in [3.8, 4) is 0 Å². The number of rotatable bonds is 0. The van der Waals surface area contributed by atoms with Gasteiger partial charge in [0.25, 0.3) is 0 Å². The highest BCUT2D eigenvalue weighted by Crippen LogP contribution is 2.33. The van der Waals surface area contributed by atoms with Gasteiger partial charge in [0.15, 0.2) is 0 Å². The van der Waals surface area contributed by atoms with Crippen molar-refractivity contribution in [3.63, 3.8) is 0 Å². The Balaban J connectivity index is 2.11. The fraction of sp³-hybridized carbons (Fsp3) is 0. The predicted molar refractivity (Wildman–Crippen MR) is 85.4 cm³/mol. The van der Waals surface area contributed by atoms with Crippen molar-refractivity contribution < 1.29 is 0 Å². The van der Waals surface area contributed by atoms with Crippen molar-refractivity contribution >= 4 is 43.7 Å². The Morgan fingerprint density at radius 1 is 0.682 bits per heavy atom. The van der Waals surface area contributed by atoms with Crippen LogP contribution < -0.4 is 0 Å². The van der Waals surface area contributed by atoms with Crippen LogP contribution in [0.5, 0.6) is 0 Å². The molecule has 0 unspecified atom stereocenters. The maximum Gasteiger partial charge on any atom is 0.115 e. The van der Waals surface area contributed by atoms with Gasteiger partial charge in [-0.05, 0) is 24.3 Å². The summed E-state index contributed by atoms with van der Waals surface area (Å²) in [5, 5.41) is 11.5. The molecule has 22 heavy (non-hydrogen) atoms. The molecule has 102 valence electrons. The SMILES string of the molecule is c1cnnc2c(c1)ccc1nc3c(ccc4nccnc43)c12. The van der Waals surface area contributed by atoms with E-state index in [1.807, 2.05) is 36.4 Å². The van der Waals surface area contributed by atoms with E-state index in [4.69, 9.17) is 4.98 Å². The van der Waals surface area contributed by atoms with Crippen LogP contribution in [-0.2, 0) is 0 Å². The van der Waals surface area contributed by atoms with Gasteiger partial charge in [0.05, 0.1) is 16.6 Å². The maximum atomic E-state index is 4.74. The quantitative estimate of drug-likeness (QED) is 0.436. The maximum absolute atomic E-state index is 4.74. The second kappa shape index (κ2) is 4.14. The Kier molecular flexibility index (Phi) is 2.16. The highest BCUT2D eigenvalue weighted by molar-refractivity contribution is 6.22. The molecule has 0 bridgehead atoms. The van der Waals surface area contributed by atoms with Crippen molar-refractivity contribution in [2.45, 2.75) is 0 Å². The summed E-state index contributed by atoms with van der Waals surface area (Å²) < 4.78 is 0. The third-order valence-corrected chi connectivity index (χ3v) is 3.89. The minimum atomic E-state index is 0.817. The van der Waals surface area contributed by atoms with Crippen molar-refractivity contribution in [2.24, 2.45) is 0 Å². The van der Waals surface area contributed by atoms with Gasteiger partial charge in [-0.25, -0.2) is 4.98 Å². The molecule has 0 spiro atoms. The number of fused-ring (bicyclic) bond motifs is 7. The smallest absolute Gasteiger partial charge is 0.115 e. The van der Waals surface area contributed by atoms with E-state index in [1.165, 1.54) is 0 Å². The van der Waals surface area contributed by atoms with Gasteiger partial charge in [-0.2, -0.15) is 5.10 Å². The highest BCUT2D eigenvalue weighted by atomic mass is 15.1. The molecule has 0 N–H and O–H groups in total. The zero-order valence-electron chi connectivity index (χ0n) is 11.4. The Morgan fingerprint density at radius 2 is 1.59 bits per heavy atom. The Hall–Kier alpha value is -3.21. The largest absolute Gasteiger partial charge is 0.253 e. The normalized spacial score (nSPS) is 11.6. The van der Waals surface area contributed by atoms with Crippen LogP contribution in [0.15, 0.2) is 55.0 Å². The van der Waals surface area contributed by atoms with Gasteiger partial charge >= 0.3 is 0 Å². The second-order valence-electron chi connectivity index (χ2n) is 5.12. The molecule has 3 heterocycles. The van der Waals surface area contributed by atoms with Crippen molar-refractivity contribution in [3.05, 3.63) is 55.0 Å². The highest BCUT2D eigenvalue weighted by Gasteiger charge is 2.13. The Morgan fingerprint density at radius 3 is 2.59 bits per heavy atom. The summed E-state index contributed by atoms with van der Waals surface area (Å²) in [5.74, 6) is 0. The predicted octanol–water partition coefficient (Wildman–Crippen LogP) is 3.27. The molecular formula is C17H9N5. The van der Waals surface area contributed by atoms with Crippen LogP contribution in [0.25, 0.3) is 43.7 Å². The fourth-order valence-electron chi connectivity index (χ4n) is 2.93. The van der Waals surface area contributed by atoms with E-state index in [-0.39, 0.29) is 0 Å². The lowest BCUT2D eigenvalue weighted by atomic mass is 10.1. The number of aromatic nitrogens is 5. The molecule has 0 radical (unpaired) electrons. The average molecular weight is 283 g/mol. The standard InChI is InChI=1S/C17H9N5/c1-2-10-3-5-12-14(15(10)22-20-7-1)11-4-6-13-17(16(11)21-12)19-9-8-18-13/h1-9H. The van der Waals surface area contributed by atoms with Gasteiger partial charge in [0.1, 0.15) is 11.0 Å². The molecule has 0 aliphatic heterocycles. The number of hydrogen-bond acceptors (Lipinski definition) is 5. The number of benzene rings is 2. The summed E-state index contributed by atoms with van der Waals surface area (Å²) in [6.45, 7) is 0. The first-order chi connectivity index (χ1) is 10.9. The first-order valence-electron chi connectivity index (χ1n) is 6.95. The van der Waals surface area contributed by atoms with Crippen molar-refractivity contribution in [1.29, 1.82) is 0 Å². The molecule has 0 aliphatic carbocycles. The van der Waals surface area contributed by atoms with Crippen LogP contribution >= 0.6 is 0 Å². The van der Waals surface area contributed by atoms with Gasteiger partial charge in [-0.3, -0.25) is 9.97 Å². The summed E-state index contributed by atoms with van der Waals surface area (Å²) in [5.41, 5.74) is 4.28. The van der Waals surface area contributed by atoms with Crippen LogP contribution in [0, 0.1) is 0 Å². The molecule has 0 atom stereocenters. The molecule has 0 amide bonds. The molecule has 0 aliphatic rings. The van der Waals surface area contributed by atoms with Gasteiger partial charge in [-0.1, -0.05) is 12.1 Å². The lowest BCUT2D eigenvalue weighted by molar-refractivity contribution is 1.09. The van der Waals surface area contributed by atoms with Gasteiger partial charge in [0.2, 0.25) is 0 Å². The van der Waals surface area contributed by atoms with Crippen LogP contribution in [0.3, 0.4) is 0 Å². The third-order valence-electron chi connectivity index (χ3n) is 3.89. The van der Waals surface area contributed by atoms with E-state index in [0.717, 1.165) is 43.7 Å². The van der Waals surface area contributed by atoms with Crippen molar-refractivity contribution in [1.82, 2.24) is 25.1 Å². The Bertz CT molecular complexity index is 1180. The number of nitrogens with zero attached hydrogens (tertiary/aromatic N) is 5. The topological polar surface area (TPSA) is 64.5 Å². The summed E-state index contributed by atoms with van der Waals surface area (Å²) in [7, 11) is 0. The van der Waals surface area contributed by atoms with E-state index < -0.39 is 0 Å². The summed E-state index contributed by atoms with van der Waals surface area (Å²) in [4.78, 5) is 13.5. The summed E-state index contributed by atoms with van der Waals surface area (Å²) >= 11 is 0. The molecule has 5 rings (SSSR count). The Labute approximate surface area is 124 Å². The van der Waals surface area contributed by atoms with Crippen LogP contribution in [0.4, 0.5) is 0 Å². The van der Waals surface area contributed by atoms with Crippen LogP contribution in [0.2, 0.25) is 0 Å². The van der Waals surface area contributed by atoms with Crippen molar-refractivity contribution in [2.75, 3.05) is 0 Å². The van der Waals surface area contributed by atoms with Gasteiger partial charge in [0, 0.05) is 34.7 Å². The first-order valence-corrected chi connectivity index (χ1v) is 6.95. The lowest BCUT2D eigenvalue weighted by Crippen LogP contribution is -1.83. The molecule has 5 heteroatoms. The molecular weight excluding hydrogens is 274 g/mol. The number of hydrogen-bond donors (Lipinski definition) is 0. The molecule has 0 saturated heterocycles. The van der Waals surface area contributed by atoms with Crippen LogP contribution in [0.1, 0.15) is 0 Å². The molecule has 0 fully saturated rings. The molecule has 2 aromatic carbocycles. The second-order valence-corrected chi connectivity index (χ2v) is 5.12. The molecule has 3 aromatic heterocycles. The van der Waals surface area contributed by atoms with Crippen LogP contribution in [-0.4, -0.2) is 25.1 Å². The van der Waals surface area contributed by atoms with E-state index >= 15 is 0 Å². The minimum absolute atomic E-state index is 0.817. The van der Waals surface area contributed by atoms with E-state index in [2.05, 4.69) is 20.2 Å². The summed E-state index contributed by atoms with van der Waals surface area (Å²) in [6, 6.07) is 11.9. The van der Waals surface area contributed by atoms with E-state index in [1.54, 1.807) is 18.6 Å². The summed E-state index contributed by atoms with van der Waals surface area (Å²) in [6.07, 6.45) is 5.07. The van der Waals surface area contributed by atoms with Gasteiger partial charge in [-0.15, -0.1) is 5.10 Å². The monoisotopic (exact) mass is 283 g/mol. The molecule has 5 aromatic rings. The zero-order chi connectivity index (χ0) is 14.5. The minimum Gasteiger partial charge on any atom is -0.253 e. The van der Waals surface area contributed by atoms with Gasteiger partial charge < -0.3 is 0 Å². The third kappa shape index (κ3) is 1.45. The lowest BCUT2D eigenvalue weighted by Gasteiger charge is -1.97. The fourth-order valence-corrected chi connectivity index (χ4v) is 2.93. The molecule has 0 saturated carbocycles. The van der Waals surface area contributed by atoms with E-state index in [9.17, 15) is 0 Å². The van der Waals surface area contributed by atoms with E-state index in [0.29, 0.717) is 0 Å². The average Bonchev–Trinajstić information content (AvgIpc) is 2.78. The zero-order valence-corrected chi connectivity index (χ0v) is 11.4. The molecule has 5 nitrogen and oxygen atoms in total.